The molecule has 0 spiro atoms. The van der Waals surface area contributed by atoms with Crippen LogP contribution in [0.15, 0.2) is 34.5 Å². The van der Waals surface area contributed by atoms with E-state index in [0.29, 0.717) is 18.0 Å². The van der Waals surface area contributed by atoms with E-state index < -0.39 is 27.7 Å². The van der Waals surface area contributed by atoms with Crippen LogP contribution in [0.1, 0.15) is 36.2 Å². The van der Waals surface area contributed by atoms with Crippen molar-refractivity contribution in [3.63, 3.8) is 0 Å². The number of carbonyl (C=O) groups is 1. The van der Waals surface area contributed by atoms with E-state index in [9.17, 15) is 22.0 Å². The monoisotopic (exact) mass is 414 g/mol. The third-order valence-electron chi connectivity index (χ3n) is 4.44. The Morgan fingerprint density at radius 3 is 2.59 bits per heavy atom. The average molecular weight is 414 g/mol. The number of rotatable bonds is 6. The molecule has 0 saturated carbocycles. The second-order valence-corrected chi connectivity index (χ2v) is 9.80. The zero-order chi connectivity index (χ0) is 19.6. The summed E-state index contributed by atoms with van der Waals surface area (Å²) >= 11 is 1.07. The predicted octanol–water partition coefficient (Wildman–Crippen LogP) is 3.23. The Labute approximate surface area is 161 Å². The number of halogens is 2. The van der Waals surface area contributed by atoms with E-state index in [1.54, 1.807) is 13.0 Å². The van der Waals surface area contributed by atoms with Gasteiger partial charge in [0.05, 0.1) is 12.5 Å². The number of amides is 1. The molecule has 0 radical (unpaired) electrons. The first-order valence-electron chi connectivity index (χ1n) is 8.60. The molecule has 1 aromatic carbocycles. The zero-order valence-electron chi connectivity index (χ0n) is 14.7. The molecule has 1 atom stereocenters. The molecular weight excluding hydrogens is 394 g/mol. The molecule has 1 saturated heterocycles. The molecule has 5 nitrogen and oxygen atoms in total. The second kappa shape index (κ2) is 8.04. The van der Waals surface area contributed by atoms with Crippen molar-refractivity contribution in [3.8, 4) is 0 Å². The van der Waals surface area contributed by atoms with Crippen molar-refractivity contribution in [2.45, 2.75) is 36.4 Å². The molecule has 1 unspecified atom stereocenters. The number of benzene rings is 1. The maximum atomic E-state index is 13.8. The van der Waals surface area contributed by atoms with Gasteiger partial charge in [-0.3, -0.25) is 4.79 Å². The third kappa shape index (κ3) is 4.53. The number of hydrogen-bond donors (Lipinski definition) is 1. The molecule has 27 heavy (non-hydrogen) atoms. The Balaban J connectivity index is 1.64. The molecule has 1 aliphatic rings. The number of nitrogens with zero attached hydrogens (tertiary/aromatic N) is 1. The van der Waals surface area contributed by atoms with Crippen LogP contribution in [0.25, 0.3) is 0 Å². The maximum Gasteiger partial charge on any atom is 0.252 e. The van der Waals surface area contributed by atoms with Crippen LogP contribution in [0.5, 0.6) is 0 Å². The summed E-state index contributed by atoms with van der Waals surface area (Å²) in [5.41, 5.74) is 0.188. The van der Waals surface area contributed by atoms with E-state index in [-0.39, 0.29) is 22.1 Å². The van der Waals surface area contributed by atoms with Crippen molar-refractivity contribution in [3.05, 3.63) is 52.4 Å². The molecule has 2 heterocycles. The molecule has 2 aromatic rings. The van der Waals surface area contributed by atoms with Crippen LogP contribution in [0.3, 0.4) is 0 Å². The number of nitrogens with one attached hydrogen (secondary N) is 1. The fourth-order valence-electron chi connectivity index (χ4n) is 3.03. The fraction of sp³-hybridized carbons (Fsp3) is 0.389. The summed E-state index contributed by atoms with van der Waals surface area (Å²) in [5.74, 6) is -1.77. The van der Waals surface area contributed by atoms with E-state index >= 15 is 0 Å². The molecule has 1 aliphatic heterocycles. The van der Waals surface area contributed by atoms with Crippen LogP contribution >= 0.6 is 11.3 Å². The van der Waals surface area contributed by atoms with Gasteiger partial charge in [0.15, 0.2) is 0 Å². The van der Waals surface area contributed by atoms with Gasteiger partial charge >= 0.3 is 0 Å². The van der Waals surface area contributed by atoms with Crippen LogP contribution in [0.2, 0.25) is 0 Å². The Morgan fingerprint density at radius 1 is 1.22 bits per heavy atom. The van der Waals surface area contributed by atoms with Gasteiger partial charge in [0.2, 0.25) is 5.91 Å². The zero-order valence-corrected chi connectivity index (χ0v) is 16.4. The third-order valence-corrected chi connectivity index (χ3v) is 7.89. The van der Waals surface area contributed by atoms with Gasteiger partial charge in [-0.25, -0.2) is 17.2 Å². The fourth-order valence-corrected chi connectivity index (χ4v) is 6.05. The Kier molecular flexibility index (Phi) is 5.92. The summed E-state index contributed by atoms with van der Waals surface area (Å²) in [7, 11) is -3.49. The number of carbonyl (C=O) groups excluding carboxylic acids is 1. The Bertz CT molecular complexity index is 938. The van der Waals surface area contributed by atoms with Gasteiger partial charge in [0.25, 0.3) is 10.0 Å². The van der Waals surface area contributed by atoms with E-state index in [1.807, 2.05) is 0 Å². The summed E-state index contributed by atoms with van der Waals surface area (Å²) in [6, 6.07) is 5.70. The van der Waals surface area contributed by atoms with Gasteiger partial charge in [-0.2, -0.15) is 4.31 Å². The SMILES string of the molecule is CC(NC(=O)Cc1ccc(S(=O)(=O)N2CCCC2)s1)c1ccc(F)cc1F. The van der Waals surface area contributed by atoms with Crippen molar-refractivity contribution in [2.75, 3.05) is 13.1 Å². The van der Waals surface area contributed by atoms with E-state index in [2.05, 4.69) is 5.32 Å². The van der Waals surface area contributed by atoms with Crippen molar-refractivity contribution < 1.29 is 22.0 Å². The highest BCUT2D eigenvalue weighted by atomic mass is 32.2. The lowest BCUT2D eigenvalue weighted by Crippen LogP contribution is -2.28. The molecule has 1 aromatic heterocycles. The summed E-state index contributed by atoms with van der Waals surface area (Å²) in [5, 5.41) is 2.65. The minimum Gasteiger partial charge on any atom is -0.349 e. The second-order valence-electron chi connectivity index (χ2n) is 6.46. The van der Waals surface area contributed by atoms with Crippen molar-refractivity contribution in [1.82, 2.24) is 9.62 Å². The van der Waals surface area contributed by atoms with E-state index in [4.69, 9.17) is 0 Å². The van der Waals surface area contributed by atoms with Crippen LogP contribution in [-0.2, 0) is 21.2 Å². The van der Waals surface area contributed by atoms with Crippen LogP contribution in [-0.4, -0.2) is 31.7 Å². The molecule has 9 heteroatoms. The lowest BCUT2D eigenvalue weighted by atomic mass is 10.1. The van der Waals surface area contributed by atoms with Crippen molar-refractivity contribution in [2.24, 2.45) is 0 Å². The van der Waals surface area contributed by atoms with Crippen LogP contribution < -0.4 is 5.32 Å². The first kappa shape index (κ1) is 19.9. The standard InChI is InChI=1S/C18H20F2N2O3S2/c1-12(15-6-4-13(19)10-16(15)20)21-17(23)11-14-5-7-18(26-14)27(24,25)22-8-2-3-9-22/h4-7,10,12H,2-3,8-9,11H2,1H3,(H,21,23). The van der Waals surface area contributed by atoms with Crippen LogP contribution in [0.4, 0.5) is 8.78 Å². The Hall–Kier alpha value is -1.84. The van der Waals surface area contributed by atoms with E-state index in [0.717, 1.165) is 36.3 Å². The van der Waals surface area contributed by atoms with Crippen LogP contribution in [0, 0.1) is 11.6 Å². The largest absolute Gasteiger partial charge is 0.349 e. The normalized spacial score (nSPS) is 16.4. The smallest absolute Gasteiger partial charge is 0.252 e. The van der Waals surface area contributed by atoms with Gasteiger partial charge in [-0.1, -0.05) is 6.07 Å². The summed E-state index contributed by atoms with van der Waals surface area (Å²) < 4.78 is 53.5. The summed E-state index contributed by atoms with van der Waals surface area (Å²) in [6.07, 6.45) is 1.71. The van der Waals surface area contributed by atoms with Gasteiger partial charge < -0.3 is 5.32 Å². The lowest BCUT2D eigenvalue weighted by molar-refractivity contribution is -0.121. The molecule has 0 aliphatic carbocycles. The molecular formula is C18H20F2N2O3S2. The number of thiophene rings is 1. The van der Waals surface area contributed by atoms with Gasteiger partial charge in [-0.15, -0.1) is 11.3 Å². The minimum atomic E-state index is -3.49. The molecule has 0 bridgehead atoms. The molecule has 1 N–H and O–H groups in total. The minimum absolute atomic E-state index is 0.00661. The van der Waals surface area contributed by atoms with Crippen molar-refractivity contribution >= 4 is 27.3 Å². The number of sulfonamides is 1. The van der Waals surface area contributed by atoms with Gasteiger partial charge in [-0.05, 0) is 38.0 Å². The highest BCUT2D eigenvalue weighted by Crippen LogP contribution is 2.27. The highest BCUT2D eigenvalue weighted by molar-refractivity contribution is 7.91. The summed E-state index contributed by atoms with van der Waals surface area (Å²) in [4.78, 5) is 12.8. The first-order chi connectivity index (χ1) is 12.8. The highest BCUT2D eigenvalue weighted by Gasteiger charge is 2.28. The lowest BCUT2D eigenvalue weighted by Gasteiger charge is -2.15. The maximum absolute atomic E-state index is 13.8. The molecule has 1 amide bonds. The molecule has 1 fully saturated rings. The van der Waals surface area contributed by atoms with E-state index in [1.165, 1.54) is 16.4 Å². The first-order valence-corrected chi connectivity index (χ1v) is 10.9. The summed E-state index contributed by atoms with van der Waals surface area (Å²) in [6.45, 7) is 2.65. The van der Waals surface area contributed by atoms with Gasteiger partial charge in [0, 0.05) is 29.6 Å². The molecule has 3 rings (SSSR count). The average Bonchev–Trinajstić information content (AvgIpc) is 3.26. The topological polar surface area (TPSA) is 66.5 Å². The Morgan fingerprint density at radius 2 is 1.93 bits per heavy atom. The quantitative estimate of drug-likeness (QED) is 0.789. The van der Waals surface area contributed by atoms with Crippen molar-refractivity contribution in [1.29, 1.82) is 0 Å². The predicted molar refractivity (Wildman–Crippen MR) is 98.9 cm³/mol. The van der Waals surface area contributed by atoms with Gasteiger partial charge in [0.1, 0.15) is 15.8 Å². The number of hydrogen-bond acceptors (Lipinski definition) is 4. The molecule has 146 valence electrons.